The molecule has 0 amide bonds. The number of rotatable bonds is 10. The fraction of sp³-hybridized carbons (Fsp3) is 0.395. The van der Waals surface area contributed by atoms with E-state index in [-0.39, 0.29) is 37.2 Å². The maximum Gasteiger partial charge on any atom is 0.305 e. The lowest BCUT2D eigenvalue weighted by molar-refractivity contribution is -0.141. The van der Waals surface area contributed by atoms with E-state index in [1.54, 1.807) is 0 Å². The number of nitrogens with zero attached hydrogens (tertiary/aromatic N) is 2. The van der Waals surface area contributed by atoms with Crippen LogP contribution in [0.5, 0.6) is 0 Å². The molecule has 0 saturated heterocycles. The van der Waals surface area contributed by atoms with Crippen molar-refractivity contribution in [3.63, 3.8) is 0 Å². The lowest BCUT2D eigenvalue weighted by atomic mass is 9.99. The van der Waals surface area contributed by atoms with Gasteiger partial charge < -0.3 is 24.2 Å². The third kappa shape index (κ3) is 6.83. The van der Waals surface area contributed by atoms with Gasteiger partial charge in [0.15, 0.2) is 0 Å². The number of hydrogen-bond donors (Lipinski definition) is 2. The number of esters is 3. The molecule has 10 heteroatoms. The SMILES string of the molecule is CCc1c(C)c2cc3nc(cc4nc(cc5[nH]c(cc1[nH]2)c(CCC(=O)OC)c5C)C(C)=C4CCC(=O)OC)C(C)=C3CCC(=O)OC. The first-order chi connectivity index (χ1) is 23.0. The van der Waals surface area contributed by atoms with E-state index in [9.17, 15) is 14.4 Å². The number of aryl methyl sites for hydroxylation is 4. The van der Waals surface area contributed by atoms with Gasteiger partial charge in [-0.2, -0.15) is 0 Å². The van der Waals surface area contributed by atoms with Crippen molar-refractivity contribution in [2.75, 3.05) is 21.3 Å². The number of carbonyl (C=O) groups excluding carboxylic acids is 3. The molecule has 10 nitrogen and oxygen atoms in total. The molecule has 0 aromatic carbocycles. The van der Waals surface area contributed by atoms with E-state index in [1.165, 1.54) is 26.9 Å². The molecule has 2 aliphatic heterocycles. The summed E-state index contributed by atoms with van der Waals surface area (Å²) in [5.41, 5.74) is 14.9. The summed E-state index contributed by atoms with van der Waals surface area (Å²) < 4.78 is 14.9. The van der Waals surface area contributed by atoms with Gasteiger partial charge in [0.1, 0.15) is 0 Å². The van der Waals surface area contributed by atoms with Crippen LogP contribution in [0.1, 0.15) is 97.9 Å². The zero-order chi connectivity index (χ0) is 34.7. The Balaban J connectivity index is 1.86. The number of aromatic amines is 2. The van der Waals surface area contributed by atoms with Crippen LogP contribution in [0.25, 0.3) is 44.4 Å². The molecule has 0 saturated carbocycles. The molecule has 0 radical (unpaired) electrons. The van der Waals surface area contributed by atoms with Gasteiger partial charge in [0.05, 0.1) is 44.1 Å². The normalized spacial score (nSPS) is 12.8. The Morgan fingerprint density at radius 2 is 0.979 bits per heavy atom. The van der Waals surface area contributed by atoms with E-state index in [0.29, 0.717) is 19.3 Å². The van der Waals surface area contributed by atoms with Gasteiger partial charge in [-0.3, -0.25) is 14.4 Å². The molecule has 2 aliphatic rings. The third-order valence-electron chi connectivity index (χ3n) is 9.57. The summed E-state index contributed by atoms with van der Waals surface area (Å²) in [4.78, 5) is 54.1. The van der Waals surface area contributed by atoms with Crippen LogP contribution in [0.4, 0.5) is 0 Å². The Morgan fingerprint density at radius 1 is 0.562 bits per heavy atom. The molecular weight excluding hydrogens is 608 g/mol. The number of methoxy groups -OCH3 is 3. The predicted molar refractivity (Wildman–Crippen MR) is 188 cm³/mol. The smallest absolute Gasteiger partial charge is 0.305 e. The third-order valence-corrected chi connectivity index (χ3v) is 9.57. The second-order valence-corrected chi connectivity index (χ2v) is 12.2. The maximum absolute atomic E-state index is 12.2. The standard InChI is InChI=1S/C38H44N4O6/c1-9-24-20(2)30-17-33-26(11-14-37(44)47-7)23(5)31(42-33)18-34-25(10-13-36(43)46-6)21(3)28(40-34)16-29-22(4)27(12-15-38(45)48-8)35(41-29)19-32(24)39-30/h16-19,39,41H,9-15H2,1-8H3. The second-order valence-electron chi connectivity index (χ2n) is 12.2. The van der Waals surface area contributed by atoms with Crippen molar-refractivity contribution in [3.05, 3.63) is 69.3 Å². The van der Waals surface area contributed by atoms with Gasteiger partial charge in [-0.1, -0.05) is 6.92 Å². The highest BCUT2D eigenvalue weighted by Crippen LogP contribution is 2.38. The van der Waals surface area contributed by atoms with Crippen LogP contribution in [0.15, 0.2) is 24.3 Å². The van der Waals surface area contributed by atoms with Crippen LogP contribution >= 0.6 is 0 Å². The predicted octanol–water partition coefficient (Wildman–Crippen LogP) is 7.37. The minimum Gasteiger partial charge on any atom is -0.469 e. The topological polar surface area (TPSA) is 136 Å². The van der Waals surface area contributed by atoms with Crippen molar-refractivity contribution >= 4 is 62.3 Å². The van der Waals surface area contributed by atoms with Crippen LogP contribution in [0, 0.1) is 13.8 Å². The maximum atomic E-state index is 12.2. The summed E-state index contributed by atoms with van der Waals surface area (Å²) in [6.45, 7) is 10.3. The number of hydrogen-bond acceptors (Lipinski definition) is 8. The first-order valence-electron chi connectivity index (χ1n) is 16.3. The number of fused-ring (bicyclic) bond motifs is 8. The molecule has 3 aromatic heterocycles. The van der Waals surface area contributed by atoms with E-state index in [2.05, 4.69) is 42.9 Å². The fourth-order valence-corrected chi connectivity index (χ4v) is 6.61. The van der Waals surface area contributed by atoms with Crippen molar-refractivity contribution < 1.29 is 28.6 Å². The molecule has 0 fully saturated rings. The van der Waals surface area contributed by atoms with Crippen molar-refractivity contribution in [2.24, 2.45) is 0 Å². The van der Waals surface area contributed by atoms with Gasteiger partial charge in [-0.25, -0.2) is 9.97 Å². The zero-order valence-electron chi connectivity index (χ0n) is 29.1. The molecule has 5 rings (SSSR count). The number of allylic oxidation sites excluding steroid dienone is 4. The average Bonchev–Trinajstić information content (AvgIpc) is 3.74. The molecule has 3 aromatic rings. The molecule has 252 valence electrons. The van der Waals surface area contributed by atoms with Gasteiger partial charge in [-0.15, -0.1) is 0 Å². The quantitative estimate of drug-likeness (QED) is 0.171. The van der Waals surface area contributed by atoms with Gasteiger partial charge in [-0.05, 0) is 122 Å². The van der Waals surface area contributed by atoms with Crippen LogP contribution in [0.2, 0.25) is 0 Å². The zero-order valence-corrected chi connectivity index (χ0v) is 29.1. The lowest BCUT2D eigenvalue weighted by Crippen LogP contribution is -2.02. The minimum atomic E-state index is -0.294. The summed E-state index contributed by atoms with van der Waals surface area (Å²) in [6.07, 6.45) is 2.94. The Bertz CT molecular complexity index is 2030. The highest BCUT2D eigenvalue weighted by atomic mass is 16.5. The van der Waals surface area contributed by atoms with E-state index in [0.717, 1.165) is 90.2 Å². The Hall–Kier alpha value is -4.99. The van der Waals surface area contributed by atoms with Crippen molar-refractivity contribution in [3.8, 4) is 0 Å². The summed E-state index contributed by atoms with van der Waals surface area (Å²) in [5.74, 6) is -0.845. The molecule has 0 atom stereocenters. The second kappa shape index (κ2) is 14.4. The highest BCUT2D eigenvalue weighted by molar-refractivity contribution is 5.96. The first-order valence-corrected chi connectivity index (χ1v) is 16.3. The molecule has 48 heavy (non-hydrogen) atoms. The van der Waals surface area contributed by atoms with Crippen molar-refractivity contribution in [1.82, 2.24) is 19.9 Å². The van der Waals surface area contributed by atoms with Crippen LogP contribution < -0.4 is 0 Å². The van der Waals surface area contributed by atoms with Gasteiger partial charge in [0.2, 0.25) is 0 Å². The number of ether oxygens (including phenoxy) is 3. The fourth-order valence-electron chi connectivity index (χ4n) is 6.61. The minimum absolute atomic E-state index is 0.215. The van der Waals surface area contributed by atoms with E-state index in [4.69, 9.17) is 24.2 Å². The van der Waals surface area contributed by atoms with Gasteiger partial charge >= 0.3 is 17.9 Å². The summed E-state index contributed by atoms with van der Waals surface area (Å²) in [5, 5.41) is 0. The van der Waals surface area contributed by atoms with Crippen molar-refractivity contribution in [2.45, 2.75) is 79.6 Å². The van der Waals surface area contributed by atoms with Gasteiger partial charge in [0.25, 0.3) is 0 Å². The van der Waals surface area contributed by atoms with Crippen LogP contribution in [-0.4, -0.2) is 59.2 Å². The Kier molecular flexibility index (Phi) is 10.3. The number of H-pyrrole nitrogens is 2. The van der Waals surface area contributed by atoms with Gasteiger partial charge in [0, 0.05) is 41.3 Å². The molecular formula is C38H44N4O6. The summed E-state index contributed by atoms with van der Waals surface area (Å²) in [7, 11) is 4.19. The molecule has 5 heterocycles. The van der Waals surface area contributed by atoms with Crippen molar-refractivity contribution in [1.29, 1.82) is 0 Å². The molecule has 2 N–H and O–H groups in total. The highest BCUT2D eigenvalue weighted by Gasteiger charge is 2.23. The summed E-state index contributed by atoms with van der Waals surface area (Å²) in [6, 6.07) is 8.18. The van der Waals surface area contributed by atoms with Crippen LogP contribution in [-0.2, 0) is 41.4 Å². The average molecular weight is 653 g/mol. The monoisotopic (exact) mass is 652 g/mol. The number of nitrogens with one attached hydrogen (secondary N) is 2. The first kappa shape index (κ1) is 34.3. The number of aromatic nitrogens is 4. The Labute approximate surface area is 280 Å². The van der Waals surface area contributed by atoms with E-state index in [1.807, 2.05) is 26.0 Å². The summed E-state index contributed by atoms with van der Waals surface area (Å²) >= 11 is 0. The largest absolute Gasteiger partial charge is 0.469 e. The Morgan fingerprint density at radius 3 is 1.48 bits per heavy atom. The molecule has 0 unspecified atom stereocenters. The molecule has 0 spiro atoms. The number of carbonyl (C=O) groups is 3. The van der Waals surface area contributed by atoms with E-state index < -0.39 is 0 Å². The van der Waals surface area contributed by atoms with Crippen LogP contribution in [0.3, 0.4) is 0 Å². The lowest BCUT2D eigenvalue weighted by Gasteiger charge is -2.05. The molecule has 0 aliphatic carbocycles. The van der Waals surface area contributed by atoms with E-state index >= 15 is 0 Å². The molecule has 8 bridgehead atoms.